The summed E-state index contributed by atoms with van der Waals surface area (Å²) in [6, 6.07) is 2.17. The molecule has 13 heavy (non-hydrogen) atoms. The Morgan fingerprint density at radius 2 is 2.31 bits per heavy atom. The summed E-state index contributed by atoms with van der Waals surface area (Å²) in [5, 5.41) is 1.16. The lowest BCUT2D eigenvalue weighted by atomic mass is 10.2. The second-order valence-electron chi connectivity index (χ2n) is 2.99. The van der Waals surface area contributed by atoms with Gasteiger partial charge in [-0.05, 0) is 19.4 Å². The van der Waals surface area contributed by atoms with Gasteiger partial charge in [0.25, 0.3) is 5.00 Å². The molecular weight excluding hydrogens is 185 g/mol. The fraction of sp³-hybridized carbons (Fsp3) is 0.500. The zero-order chi connectivity index (χ0) is 9.84. The smallest absolute Gasteiger partial charge is 0.240 e. The van der Waals surface area contributed by atoms with Crippen LogP contribution in [-0.4, -0.2) is 24.5 Å². The molecule has 0 spiro atoms. The first-order chi connectivity index (χ1) is 6.19. The molecule has 0 bridgehead atoms. The van der Waals surface area contributed by atoms with E-state index in [1.54, 1.807) is 17.6 Å². The van der Waals surface area contributed by atoms with Gasteiger partial charge in [0.1, 0.15) is 7.05 Å². The maximum atomic E-state index is 12.1. The van der Waals surface area contributed by atoms with Crippen molar-refractivity contribution in [2.24, 2.45) is 0 Å². The number of hydrogen-bond donors (Lipinski definition) is 0. The van der Waals surface area contributed by atoms with Crippen LogP contribution >= 0.6 is 11.3 Å². The Kier molecular flexibility index (Phi) is 3.60. The first kappa shape index (κ1) is 10.4. The monoisotopic (exact) mass is 200 g/mol. The summed E-state index contributed by atoms with van der Waals surface area (Å²) < 4.78 is 14.0. The van der Waals surface area contributed by atoms with Crippen LogP contribution in [0.3, 0.4) is 0 Å². The Balaban J connectivity index is 3.05. The van der Waals surface area contributed by atoms with Crippen LogP contribution < -0.4 is 0 Å². The predicted molar refractivity (Wildman–Crippen MR) is 56.3 cm³/mol. The van der Waals surface area contributed by atoms with Crippen molar-refractivity contribution < 1.29 is 8.97 Å². The summed E-state index contributed by atoms with van der Waals surface area (Å²) in [5.74, 6) is 0. The molecule has 72 valence electrons. The number of rotatable bonds is 3. The quantitative estimate of drug-likeness (QED) is 0.521. The highest BCUT2D eigenvalue weighted by Gasteiger charge is 2.13. The van der Waals surface area contributed by atoms with Crippen molar-refractivity contribution in [1.82, 2.24) is 0 Å². The van der Waals surface area contributed by atoms with Crippen molar-refractivity contribution in [2.75, 3.05) is 13.7 Å². The molecule has 0 fully saturated rings. The van der Waals surface area contributed by atoms with Crippen molar-refractivity contribution in [3.05, 3.63) is 16.5 Å². The molecule has 0 amide bonds. The minimum atomic E-state index is -0.406. The predicted octanol–water partition coefficient (Wildman–Crippen LogP) is 2.93. The van der Waals surface area contributed by atoms with E-state index in [4.69, 9.17) is 0 Å². The topological polar surface area (TPSA) is 3.01 Å². The number of hydrogen-bond acceptors (Lipinski definition) is 1. The lowest BCUT2D eigenvalue weighted by molar-refractivity contribution is -0.397. The van der Waals surface area contributed by atoms with Gasteiger partial charge < -0.3 is 0 Å². The lowest BCUT2D eigenvalue weighted by Gasteiger charge is -1.93. The number of halogens is 1. The van der Waals surface area contributed by atoms with Gasteiger partial charge in [0, 0.05) is 10.4 Å². The van der Waals surface area contributed by atoms with E-state index in [1.807, 2.05) is 11.6 Å². The molecule has 1 nitrogen and oxygen atoms in total. The van der Waals surface area contributed by atoms with Gasteiger partial charge in [0.2, 0.25) is 0 Å². The highest BCUT2D eigenvalue weighted by molar-refractivity contribution is 7.15. The Hall–Kier alpha value is -0.700. The molecule has 0 aliphatic rings. The first-order valence-corrected chi connectivity index (χ1v) is 5.22. The van der Waals surface area contributed by atoms with Crippen LogP contribution in [0.4, 0.5) is 9.39 Å². The molecule has 0 atom stereocenters. The van der Waals surface area contributed by atoms with E-state index in [0.717, 1.165) is 11.4 Å². The Morgan fingerprint density at radius 3 is 2.85 bits per heavy atom. The highest BCUT2D eigenvalue weighted by atomic mass is 32.1. The Morgan fingerprint density at radius 1 is 1.62 bits per heavy atom. The van der Waals surface area contributed by atoms with Gasteiger partial charge in [0.05, 0.1) is 0 Å². The Labute approximate surface area is 82.5 Å². The largest absolute Gasteiger partial charge is 0.264 e. The van der Waals surface area contributed by atoms with Crippen LogP contribution in [0.5, 0.6) is 0 Å². The van der Waals surface area contributed by atoms with Gasteiger partial charge in [-0.3, -0.25) is 0 Å². The van der Waals surface area contributed by atoms with Gasteiger partial charge in [-0.1, -0.05) is 18.3 Å². The molecule has 0 aliphatic carbocycles. The third kappa shape index (κ3) is 2.37. The second-order valence-corrected chi connectivity index (χ2v) is 4.22. The summed E-state index contributed by atoms with van der Waals surface area (Å²) in [5.41, 5.74) is 1.30. The molecular formula is C10H15FNS+. The van der Waals surface area contributed by atoms with E-state index in [1.165, 1.54) is 10.4 Å². The molecule has 0 saturated carbocycles. The standard InChI is InChI=1S/C10H15FNS/c1-4-9-7-8(2)13-10(9)12(3)6-5-11/h6-7H,4-5H2,1-3H3/q+1. The number of nitrogens with zero attached hydrogens (tertiary/aromatic N) is 1. The molecule has 1 heterocycles. The van der Waals surface area contributed by atoms with Crippen LogP contribution in [0.15, 0.2) is 6.07 Å². The average Bonchev–Trinajstić information content (AvgIpc) is 2.47. The summed E-state index contributed by atoms with van der Waals surface area (Å²) in [6.07, 6.45) is 2.56. The molecule has 1 aromatic rings. The van der Waals surface area contributed by atoms with Gasteiger partial charge in [-0.25, -0.2) is 4.39 Å². The van der Waals surface area contributed by atoms with Gasteiger partial charge in [-0.15, -0.1) is 0 Å². The van der Waals surface area contributed by atoms with Crippen LogP contribution in [0.2, 0.25) is 0 Å². The van der Waals surface area contributed by atoms with Crippen LogP contribution in [-0.2, 0) is 6.42 Å². The van der Waals surface area contributed by atoms with E-state index in [2.05, 4.69) is 19.9 Å². The summed E-state index contributed by atoms with van der Waals surface area (Å²) in [6.45, 7) is 3.79. The fourth-order valence-corrected chi connectivity index (χ4v) is 2.35. The molecule has 0 radical (unpaired) electrons. The van der Waals surface area contributed by atoms with E-state index in [0.29, 0.717) is 0 Å². The maximum absolute atomic E-state index is 12.1. The molecule has 3 heteroatoms. The summed E-state index contributed by atoms with van der Waals surface area (Å²) in [7, 11) is 1.89. The third-order valence-electron chi connectivity index (χ3n) is 1.95. The molecule has 1 aromatic heterocycles. The SMILES string of the molecule is CCc1cc(C)sc1[N+](C)=CCF. The molecule has 0 aromatic carbocycles. The third-order valence-corrected chi connectivity index (χ3v) is 3.14. The van der Waals surface area contributed by atoms with E-state index in [-0.39, 0.29) is 0 Å². The molecule has 0 saturated heterocycles. The summed E-state index contributed by atoms with van der Waals surface area (Å²) in [4.78, 5) is 1.28. The maximum Gasteiger partial charge on any atom is 0.264 e. The molecule has 0 unspecified atom stereocenters. The van der Waals surface area contributed by atoms with Gasteiger partial charge >= 0.3 is 0 Å². The van der Waals surface area contributed by atoms with E-state index >= 15 is 0 Å². The normalized spacial score (nSPS) is 12.2. The summed E-state index contributed by atoms with van der Waals surface area (Å²) >= 11 is 1.72. The highest BCUT2D eigenvalue weighted by Crippen LogP contribution is 2.29. The fourth-order valence-electron chi connectivity index (χ4n) is 1.29. The van der Waals surface area contributed by atoms with Crippen molar-refractivity contribution >= 4 is 22.6 Å². The number of aryl methyl sites for hydroxylation is 2. The molecule has 0 N–H and O–H groups in total. The number of thiophene rings is 1. The van der Waals surface area contributed by atoms with Crippen molar-refractivity contribution in [3.63, 3.8) is 0 Å². The average molecular weight is 200 g/mol. The van der Waals surface area contributed by atoms with Gasteiger partial charge in [0.15, 0.2) is 12.9 Å². The van der Waals surface area contributed by atoms with Crippen molar-refractivity contribution in [2.45, 2.75) is 20.3 Å². The first-order valence-electron chi connectivity index (χ1n) is 4.40. The second kappa shape index (κ2) is 4.51. The Bertz CT molecular complexity index is 315. The molecule has 0 aliphatic heterocycles. The van der Waals surface area contributed by atoms with Crippen LogP contribution in [0.25, 0.3) is 0 Å². The zero-order valence-corrected chi connectivity index (χ0v) is 9.12. The van der Waals surface area contributed by atoms with Crippen LogP contribution in [0, 0.1) is 6.92 Å². The lowest BCUT2D eigenvalue weighted by Crippen LogP contribution is -2.00. The van der Waals surface area contributed by atoms with Crippen LogP contribution in [0.1, 0.15) is 17.4 Å². The molecule has 1 rings (SSSR count). The van der Waals surface area contributed by atoms with E-state index < -0.39 is 6.67 Å². The van der Waals surface area contributed by atoms with E-state index in [9.17, 15) is 4.39 Å². The van der Waals surface area contributed by atoms with Crippen molar-refractivity contribution in [1.29, 1.82) is 0 Å². The minimum absolute atomic E-state index is 0.406. The number of alkyl halides is 1. The minimum Gasteiger partial charge on any atom is -0.240 e. The van der Waals surface area contributed by atoms with Crippen molar-refractivity contribution in [3.8, 4) is 0 Å². The van der Waals surface area contributed by atoms with Gasteiger partial charge in [-0.2, -0.15) is 4.58 Å². The zero-order valence-electron chi connectivity index (χ0n) is 8.30.